The molecule has 1 unspecified atom stereocenters. The first-order chi connectivity index (χ1) is 9.65. The molecule has 1 aliphatic carbocycles. The molecule has 3 rings (SSSR count). The van der Waals surface area contributed by atoms with Gasteiger partial charge in [0.05, 0.1) is 17.3 Å². The number of aryl methyl sites for hydroxylation is 1. The SMILES string of the molecule is O=C(NC1CCCc2occc21)c1ccc(Br)c(Cl)c1. The van der Waals surface area contributed by atoms with Gasteiger partial charge in [0.1, 0.15) is 5.76 Å². The highest BCUT2D eigenvalue weighted by atomic mass is 79.9. The monoisotopic (exact) mass is 353 g/mol. The highest BCUT2D eigenvalue weighted by molar-refractivity contribution is 9.10. The van der Waals surface area contributed by atoms with Crippen LogP contribution in [0.15, 0.2) is 39.4 Å². The van der Waals surface area contributed by atoms with Gasteiger partial charge < -0.3 is 9.73 Å². The third-order valence-electron chi connectivity index (χ3n) is 3.54. The van der Waals surface area contributed by atoms with Gasteiger partial charge >= 0.3 is 0 Å². The third-order valence-corrected chi connectivity index (χ3v) is 4.77. The highest BCUT2D eigenvalue weighted by Crippen LogP contribution is 2.31. The van der Waals surface area contributed by atoms with Crippen molar-refractivity contribution in [1.82, 2.24) is 5.32 Å². The second-order valence-electron chi connectivity index (χ2n) is 4.85. The van der Waals surface area contributed by atoms with E-state index in [1.807, 2.05) is 6.07 Å². The van der Waals surface area contributed by atoms with Gasteiger partial charge in [-0.1, -0.05) is 11.6 Å². The van der Waals surface area contributed by atoms with Crippen LogP contribution in [0.5, 0.6) is 0 Å². The first kappa shape index (κ1) is 13.7. The van der Waals surface area contributed by atoms with Gasteiger partial charge in [-0.2, -0.15) is 0 Å². The van der Waals surface area contributed by atoms with Crippen molar-refractivity contribution in [2.75, 3.05) is 0 Å². The maximum Gasteiger partial charge on any atom is 0.251 e. The number of nitrogens with one attached hydrogen (secondary N) is 1. The summed E-state index contributed by atoms with van der Waals surface area (Å²) in [5.41, 5.74) is 1.65. The summed E-state index contributed by atoms with van der Waals surface area (Å²) in [6.07, 6.45) is 4.58. The third kappa shape index (κ3) is 2.63. The molecule has 5 heteroatoms. The fraction of sp³-hybridized carbons (Fsp3) is 0.267. The first-order valence-corrected chi connectivity index (χ1v) is 7.64. The van der Waals surface area contributed by atoms with Crippen molar-refractivity contribution in [3.8, 4) is 0 Å². The molecule has 0 spiro atoms. The molecule has 1 aliphatic rings. The minimum atomic E-state index is -0.113. The lowest BCUT2D eigenvalue weighted by molar-refractivity contribution is 0.0932. The molecule has 1 atom stereocenters. The number of hydrogen-bond acceptors (Lipinski definition) is 2. The zero-order valence-electron chi connectivity index (χ0n) is 10.7. The van der Waals surface area contributed by atoms with Gasteiger partial charge in [-0.15, -0.1) is 0 Å². The van der Waals surface area contributed by atoms with Crippen molar-refractivity contribution in [2.45, 2.75) is 25.3 Å². The Kier molecular flexibility index (Phi) is 3.85. The Labute approximate surface area is 130 Å². The normalized spacial score (nSPS) is 17.6. The predicted octanol–water partition coefficient (Wildman–Crippen LogP) is 4.50. The molecule has 0 saturated carbocycles. The minimum absolute atomic E-state index is 0.0208. The van der Waals surface area contributed by atoms with Crippen LogP contribution in [0.2, 0.25) is 5.02 Å². The van der Waals surface area contributed by atoms with Crippen molar-refractivity contribution in [2.24, 2.45) is 0 Å². The number of furan rings is 1. The van der Waals surface area contributed by atoms with Crippen LogP contribution >= 0.6 is 27.5 Å². The molecule has 0 saturated heterocycles. The summed E-state index contributed by atoms with van der Waals surface area (Å²) in [4.78, 5) is 12.3. The Bertz CT molecular complexity index is 653. The van der Waals surface area contributed by atoms with Crippen LogP contribution in [-0.4, -0.2) is 5.91 Å². The zero-order chi connectivity index (χ0) is 14.1. The number of benzene rings is 1. The standard InChI is InChI=1S/C15H13BrClNO2/c16-11-5-4-9(8-12(11)17)15(19)18-13-2-1-3-14-10(13)6-7-20-14/h4-8,13H,1-3H2,(H,18,19). The molecule has 0 bridgehead atoms. The molecule has 1 amide bonds. The Hall–Kier alpha value is -1.26. The average molecular weight is 355 g/mol. The van der Waals surface area contributed by atoms with Crippen LogP contribution in [0.1, 0.15) is 40.6 Å². The van der Waals surface area contributed by atoms with E-state index < -0.39 is 0 Å². The molecule has 3 nitrogen and oxygen atoms in total. The molecule has 20 heavy (non-hydrogen) atoms. The average Bonchev–Trinajstić information content (AvgIpc) is 2.91. The number of carbonyl (C=O) groups is 1. The summed E-state index contributed by atoms with van der Waals surface area (Å²) in [7, 11) is 0. The van der Waals surface area contributed by atoms with E-state index in [0.29, 0.717) is 10.6 Å². The molecule has 1 aromatic heterocycles. The Morgan fingerprint density at radius 3 is 3.05 bits per heavy atom. The number of amides is 1. The van der Waals surface area contributed by atoms with Crippen LogP contribution in [0.3, 0.4) is 0 Å². The van der Waals surface area contributed by atoms with E-state index in [9.17, 15) is 4.79 Å². The van der Waals surface area contributed by atoms with Crippen LogP contribution < -0.4 is 5.32 Å². The fourth-order valence-electron chi connectivity index (χ4n) is 2.52. The number of rotatable bonds is 2. The van der Waals surface area contributed by atoms with E-state index in [-0.39, 0.29) is 11.9 Å². The van der Waals surface area contributed by atoms with E-state index in [4.69, 9.17) is 16.0 Å². The Morgan fingerprint density at radius 2 is 2.25 bits per heavy atom. The largest absolute Gasteiger partial charge is 0.469 e. The molecule has 0 fully saturated rings. The van der Waals surface area contributed by atoms with E-state index >= 15 is 0 Å². The molecule has 1 heterocycles. The van der Waals surface area contributed by atoms with Crippen molar-refractivity contribution in [3.05, 3.63) is 56.9 Å². The van der Waals surface area contributed by atoms with E-state index in [1.54, 1.807) is 24.5 Å². The lowest BCUT2D eigenvalue weighted by Gasteiger charge is -2.22. The molecule has 0 aliphatic heterocycles. The Morgan fingerprint density at radius 1 is 1.40 bits per heavy atom. The van der Waals surface area contributed by atoms with E-state index in [1.165, 1.54) is 0 Å². The van der Waals surface area contributed by atoms with Crippen molar-refractivity contribution in [3.63, 3.8) is 0 Å². The van der Waals surface area contributed by atoms with E-state index in [0.717, 1.165) is 35.1 Å². The van der Waals surface area contributed by atoms with Crippen molar-refractivity contribution in [1.29, 1.82) is 0 Å². The zero-order valence-corrected chi connectivity index (χ0v) is 13.0. The molecule has 104 valence electrons. The smallest absolute Gasteiger partial charge is 0.251 e. The molecule has 1 N–H and O–H groups in total. The quantitative estimate of drug-likeness (QED) is 0.862. The summed E-state index contributed by atoms with van der Waals surface area (Å²) in [5, 5.41) is 3.58. The minimum Gasteiger partial charge on any atom is -0.469 e. The van der Waals surface area contributed by atoms with Crippen LogP contribution in [-0.2, 0) is 6.42 Å². The number of halogens is 2. The van der Waals surface area contributed by atoms with Gasteiger partial charge in [0.2, 0.25) is 0 Å². The second-order valence-corrected chi connectivity index (χ2v) is 6.11. The molecular weight excluding hydrogens is 342 g/mol. The number of fused-ring (bicyclic) bond motifs is 1. The van der Waals surface area contributed by atoms with Gasteiger partial charge in [0.25, 0.3) is 5.91 Å². The van der Waals surface area contributed by atoms with Crippen LogP contribution in [0, 0.1) is 0 Å². The van der Waals surface area contributed by atoms with Crippen molar-refractivity contribution < 1.29 is 9.21 Å². The van der Waals surface area contributed by atoms with E-state index in [2.05, 4.69) is 21.2 Å². The van der Waals surface area contributed by atoms with Gasteiger partial charge in [-0.05, 0) is 53.0 Å². The summed E-state index contributed by atoms with van der Waals surface area (Å²) in [6, 6.07) is 7.16. The number of carbonyl (C=O) groups excluding carboxylic acids is 1. The summed E-state index contributed by atoms with van der Waals surface area (Å²) in [6.45, 7) is 0. The fourth-order valence-corrected chi connectivity index (χ4v) is 2.94. The maximum atomic E-state index is 12.3. The predicted molar refractivity (Wildman–Crippen MR) is 81.0 cm³/mol. The summed E-state index contributed by atoms with van der Waals surface area (Å²) >= 11 is 9.34. The van der Waals surface area contributed by atoms with Gasteiger partial charge in [-0.25, -0.2) is 0 Å². The topological polar surface area (TPSA) is 42.2 Å². The summed E-state index contributed by atoms with van der Waals surface area (Å²) < 4.78 is 6.21. The number of hydrogen-bond donors (Lipinski definition) is 1. The molecule has 1 aromatic carbocycles. The lowest BCUT2D eigenvalue weighted by atomic mass is 9.93. The van der Waals surface area contributed by atoms with Gasteiger partial charge in [0, 0.05) is 22.0 Å². The first-order valence-electron chi connectivity index (χ1n) is 6.47. The molecular formula is C15H13BrClNO2. The van der Waals surface area contributed by atoms with Gasteiger partial charge in [-0.3, -0.25) is 4.79 Å². The van der Waals surface area contributed by atoms with Crippen LogP contribution in [0.25, 0.3) is 0 Å². The van der Waals surface area contributed by atoms with Crippen molar-refractivity contribution >= 4 is 33.4 Å². The van der Waals surface area contributed by atoms with Gasteiger partial charge in [0.15, 0.2) is 0 Å². The van der Waals surface area contributed by atoms with Crippen LogP contribution in [0.4, 0.5) is 0 Å². The Balaban J connectivity index is 1.79. The highest BCUT2D eigenvalue weighted by Gasteiger charge is 2.24. The molecule has 2 aromatic rings. The lowest BCUT2D eigenvalue weighted by Crippen LogP contribution is -2.30. The second kappa shape index (κ2) is 5.62. The maximum absolute atomic E-state index is 12.3. The molecule has 0 radical (unpaired) electrons. The summed E-state index contributed by atoms with van der Waals surface area (Å²) in [5.74, 6) is 0.869.